The fourth-order valence-electron chi connectivity index (χ4n) is 1.62. The number of phenolic OH excluding ortho intramolecular Hbond substituents is 1. The Morgan fingerprint density at radius 3 is 2.20 bits per heavy atom. The van der Waals surface area contributed by atoms with Gasteiger partial charge in [0.2, 0.25) is 0 Å². The summed E-state index contributed by atoms with van der Waals surface area (Å²) in [6.45, 7) is -5.30. The van der Waals surface area contributed by atoms with Gasteiger partial charge in [-0.1, -0.05) is 23.7 Å². The minimum absolute atomic E-state index is 0.0133. The van der Waals surface area contributed by atoms with Crippen molar-refractivity contribution in [1.29, 1.82) is 0 Å². The average molecular weight is 285 g/mol. The SMILES string of the molecule is Oc1ccc(COc2ccc([B-](F)(F)F)c(F)c2)cc1. The van der Waals surface area contributed by atoms with Gasteiger partial charge in [0.1, 0.15) is 18.1 Å². The van der Waals surface area contributed by atoms with Gasteiger partial charge >= 0.3 is 6.98 Å². The van der Waals surface area contributed by atoms with Crippen LogP contribution in [0.2, 0.25) is 0 Å². The summed E-state index contributed by atoms with van der Waals surface area (Å²) >= 11 is 0. The topological polar surface area (TPSA) is 29.5 Å². The summed E-state index contributed by atoms with van der Waals surface area (Å²) in [5.41, 5.74) is -0.561. The molecule has 0 aromatic heterocycles. The molecule has 0 atom stereocenters. The van der Waals surface area contributed by atoms with Crippen LogP contribution in [0, 0.1) is 5.82 Å². The van der Waals surface area contributed by atoms with E-state index in [2.05, 4.69) is 0 Å². The number of hydrogen-bond acceptors (Lipinski definition) is 2. The zero-order valence-corrected chi connectivity index (χ0v) is 10.2. The van der Waals surface area contributed by atoms with E-state index in [9.17, 15) is 17.3 Å². The first-order valence-corrected chi connectivity index (χ1v) is 5.76. The fraction of sp³-hybridized carbons (Fsp3) is 0.0769. The fourth-order valence-corrected chi connectivity index (χ4v) is 1.62. The molecule has 0 fully saturated rings. The number of halogens is 4. The number of phenols is 1. The van der Waals surface area contributed by atoms with Gasteiger partial charge in [0.05, 0.1) is 5.82 Å². The van der Waals surface area contributed by atoms with E-state index in [1.807, 2.05) is 0 Å². The number of aromatic hydroxyl groups is 1. The Kier molecular flexibility index (Phi) is 3.87. The maximum Gasteiger partial charge on any atom is 0.512 e. The number of benzene rings is 2. The zero-order valence-electron chi connectivity index (χ0n) is 10.2. The maximum atomic E-state index is 13.3. The molecule has 106 valence electrons. The molecule has 0 saturated carbocycles. The van der Waals surface area contributed by atoms with Crippen molar-refractivity contribution in [2.75, 3.05) is 0 Å². The van der Waals surface area contributed by atoms with Gasteiger partial charge in [0.15, 0.2) is 0 Å². The standard InChI is InChI=1S/C13H10BF4O2/c15-13-7-11(5-6-12(13)14(16,17)18)20-8-9-1-3-10(19)4-2-9/h1-7,19H,8H2/q-1. The van der Waals surface area contributed by atoms with E-state index in [0.29, 0.717) is 17.7 Å². The molecule has 0 unspecified atom stereocenters. The molecule has 0 radical (unpaired) electrons. The van der Waals surface area contributed by atoms with Gasteiger partial charge in [-0.3, -0.25) is 0 Å². The van der Waals surface area contributed by atoms with E-state index >= 15 is 0 Å². The summed E-state index contributed by atoms with van der Waals surface area (Å²) in [6, 6.07) is 8.56. The molecular formula is C13H10BF4O2-. The molecule has 0 aliphatic heterocycles. The first-order chi connectivity index (χ1) is 9.36. The summed E-state index contributed by atoms with van der Waals surface area (Å²) < 4.78 is 55.8. The summed E-state index contributed by atoms with van der Waals surface area (Å²) in [7, 11) is 0. The minimum atomic E-state index is -5.37. The Bertz CT molecular complexity index is 596. The second-order valence-corrected chi connectivity index (χ2v) is 4.21. The molecule has 2 nitrogen and oxygen atoms in total. The second-order valence-electron chi connectivity index (χ2n) is 4.21. The van der Waals surface area contributed by atoms with Crippen molar-refractivity contribution in [1.82, 2.24) is 0 Å². The second kappa shape index (κ2) is 5.44. The molecule has 0 aliphatic rings. The van der Waals surface area contributed by atoms with Gasteiger partial charge in [-0.2, -0.15) is 0 Å². The third-order valence-corrected chi connectivity index (χ3v) is 2.67. The van der Waals surface area contributed by atoms with Gasteiger partial charge in [-0.05, 0) is 23.8 Å². The molecule has 1 N–H and O–H groups in total. The predicted molar refractivity (Wildman–Crippen MR) is 67.6 cm³/mol. The quantitative estimate of drug-likeness (QED) is 0.690. The van der Waals surface area contributed by atoms with E-state index < -0.39 is 18.3 Å². The smallest absolute Gasteiger partial charge is 0.508 e. The molecule has 7 heteroatoms. The van der Waals surface area contributed by atoms with Crippen LogP contribution in [0.15, 0.2) is 42.5 Å². The van der Waals surface area contributed by atoms with Crippen molar-refractivity contribution in [3.8, 4) is 11.5 Å². The Balaban J connectivity index is 2.07. The summed E-state index contributed by atoms with van der Waals surface area (Å²) in [4.78, 5) is 0. The Morgan fingerprint density at radius 2 is 1.65 bits per heavy atom. The lowest BCUT2D eigenvalue weighted by Gasteiger charge is -2.16. The molecule has 2 rings (SSSR count). The van der Waals surface area contributed by atoms with Crippen molar-refractivity contribution in [3.63, 3.8) is 0 Å². The van der Waals surface area contributed by atoms with Gasteiger partial charge in [0.25, 0.3) is 0 Å². The molecule has 2 aromatic rings. The molecule has 0 bridgehead atoms. The van der Waals surface area contributed by atoms with Crippen molar-refractivity contribution in [2.45, 2.75) is 6.61 Å². The van der Waals surface area contributed by atoms with Crippen LogP contribution in [0.25, 0.3) is 0 Å². The molecule has 0 amide bonds. The lowest BCUT2D eigenvalue weighted by Crippen LogP contribution is -2.36. The third kappa shape index (κ3) is 3.43. The number of hydrogen-bond donors (Lipinski definition) is 1. The van der Waals surface area contributed by atoms with Gasteiger partial charge in [0, 0.05) is 6.07 Å². The van der Waals surface area contributed by atoms with Gasteiger partial charge in [-0.15, -0.1) is 0 Å². The average Bonchev–Trinajstić information content (AvgIpc) is 2.36. The van der Waals surface area contributed by atoms with Crippen molar-refractivity contribution in [2.24, 2.45) is 0 Å². The minimum Gasteiger partial charge on any atom is -0.508 e. The highest BCUT2D eigenvalue weighted by Gasteiger charge is 2.28. The highest BCUT2D eigenvalue weighted by atomic mass is 19.4. The normalized spacial score (nSPS) is 11.4. The highest BCUT2D eigenvalue weighted by molar-refractivity contribution is 6.73. The van der Waals surface area contributed by atoms with E-state index in [-0.39, 0.29) is 18.1 Å². The van der Waals surface area contributed by atoms with Crippen LogP contribution in [0.1, 0.15) is 5.56 Å². The van der Waals surface area contributed by atoms with Crippen LogP contribution in [0.4, 0.5) is 17.3 Å². The van der Waals surface area contributed by atoms with E-state index in [0.717, 1.165) is 6.07 Å². The molecule has 2 aromatic carbocycles. The lowest BCUT2D eigenvalue weighted by atomic mass is 9.80. The Hall–Kier alpha value is -2.18. The number of rotatable bonds is 4. The maximum absolute atomic E-state index is 13.3. The summed E-state index contributed by atoms with van der Waals surface area (Å²) in [5.74, 6) is -1.24. The van der Waals surface area contributed by atoms with Crippen molar-refractivity contribution < 1.29 is 27.2 Å². The molecule has 20 heavy (non-hydrogen) atoms. The van der Waals surface area contributed by atoms with E-state index in [4.69, 9.17) is 9.84 Å². The summed E-state index contributed by atoms with van der Waals surface area (Å²) in [5, 5.41) is 9.09. The first-order valence-electron chi connectivity index (χ1n) is 5.76. The van der Waals surface area contributed by atoms with Crippen LogP contribution in [0.5, 0.6) is 11.5 Å². The van der Waals surface area contributed by atoms with Crippen LogP contribution in [-0.2, 0) is 6.61 Å². The monoisotopic (exact) mass is 285 g/mol. The Labute approximate surface area is 112 Å². The zero-order chi connectivity index (χ0) is 14.8. The van der Waals surface area contributed by atoms with Gasteiger partial charge in [-0.25, -0.2) is 4.39 Å². The van der Waals surface area contributed by atoms with Crippen LogP contribution in [-0.4, -0.2) is 12.1 Å². The predicted octanol–water partition coefficient (Wildman–Crippen LogP) is 3.16. The van der Waals surface area contributed by atoms with Crippen molar-refractivity contribution >= 4 is 12.4 Å². The Morgan fingerprint density at radius 1 is 1.00 bits per heavy atom. The lowest BCUT2D eigenvalue weighted by molar-refractivity contribution is 0.304. The van der Waals surface area contributed by atoms with E-state index in [1.165, 1.54) is 12.1 Å². The molecule has 0 heterocycles. The van der Waals surface area contributed by atoms with Crippen LogP contribution in [0.3, 0.4) is 0 Å². The third-order valence-electron chi connectivity index (χ3n) is 2.67. The van der Waals surface area contributed by atoms with Gasteiger partial charge < -0.3 is 22.8 Å². The highest BCUT2D eigenvalue weighted by Crippen LogP contribution is 2.18. The molecule has 0 spiro atoms. The molecule has 0 saturated heterocycles. The van der Waals surface area contributed by atoms with Crippen LogP contribution < -0.4 is 10.2 Å². The molecule has 0 aliphatic carbocycles. The van der Waals surface area contributed by atoms with E-state index in [1.54, 1.807) is 12.1 Å². The van der Waals surface area contributed by atoms with Crippen LogP contribution >= 0.6 is 0 Å². The number of ether oxygens (including phenoxy) is 1. The molecular weight excluding hydrogens is 275 g/mol. The van der Waals surface area contributed by atoms with Crippen molar-refractivity contribution in [3.05, 3.63) is 53.8 Å². The largest absolute Gasteiger partial charge is 0.512 e. The first kappa shape index (κ1) is 14.2. The summed E-state index contributed by atoms with van der Waals surface area (Å²) in [6.07, 6.45) is 0.